The van der Waals surface area contributed by atoms with Gasteiger partial charge in [-0.05, 0) is 63.5 Å². The van der Waals surface area contributed by atoms with Crippen LogP contribution in [0.2, 0.25) is 0 Å². The van der Waals surface area contributed by atoms with Gasteiger partial charge in [0.25, 0.3) is 0 Å². The Morgan fingerprint density at radius 3 is 2.39 bits per heavy atom. The molecule has 100 valence electrons. The maximum atomic E-state index is 12.1. The van der Waals surface area contributed by atoms with E-state index in [4.69, 9.17) is 0 Å². The topological polar surface area (TPSA) is 32.3 Å². The van der Waals surface area contributed by atoms with Crippen molar-refractivity contribution in [1.82, 2.24) is 5.32 Å². The van der Waals surface area contributed by atoms with Crippen LogP contribution in [0.4, 0.5) is 5.69 Å². The summed E-state index contributed by atoms with van der Waals surface area (Å²) in [5, 5.41) is 3.06. The molecule has 18 heavy (non-hydrogen) atoms. The summed E-state index contributed by atoms with van der Waals surface area (Å²) < 4.78 is 0. The van der Waals surface area contributed by atoms with Crippen molar-refractivity contribution in [1.29, 1.82) is 0 Å². The fourth-order valence-electron chi connectivity index (χ4n) is 2.03. The highest BCUT2D eigenvalue weighted by molar-refractivity contribution is 5.93. The number of benzene rings is 1. The predicted molar refractivity (Wildman–Crippen MR) is 77.2 cm³/mol. The lowest BCUT2D eigenvalue weighted by molar-refractivity contribution is -0.118. The summed E-state index contributed by atoms with van der Waals surface area (Å²) >= 11 is 0. The van der Waals surface area contributed by atoms with Gasteiger partial charge in [-0.25, -0.2) is 0 Å². The van der Waals surface area contributed by atoms with E-state index in [1.165, 1.54) is 11.1 Å². The van der Waals surface area contributed by atoms with Gasteiger partial charge in [0.05, 0.1) is 0 Å². The molecule has 3 heteroatoms. The Hall–Kier alpha value is -1.35. The third-order valence-corrected chi connectivity index (χ3v) is 3.37. The van der Waals surface area contributed by atoms with E-state index in [1.54, 1.807) is 4.90 Å². The van der Waals surface area contributed by atoms with E-state index in [2.05, 4.69) is 38.2 Å². The zero-order chi connectivity index (χ0) is 13.7. The first-order valence-electron chi connectivity index (χ1n) is 6.46. The van der Waals surface area contributed by atoms with Gasteiger partial charge in [-0.15, -0.1) is 0 Å². The van der Waals surface area contributed by atoms with E-state index in [0.717, 1.165) is 24.2 Å². The minimum Gasteiger partial charge on any atom is -0.320 e. The molecule has 0 aliphatic rings. The number of hydrogen-bond acceptors (Lipinski definition) is 2. The number of nitrogens with one attached hydrogen (secondary N) is 1. The van der Waals surface area contributed by atoms with Crippen LogP contribution in [0.3, 0.4) is 0 Å². The van der Waals surface area contributed by atoms with Gasteiger partial charge < -0.3 is 10.2 Å². The van der Waals surface area contributed by atoms with Crippen molar-refractivity contribution in [2.75, 3.05) is 25.5 Å². The Labute approximate surface area is 110 Å². The summed E-state index contributed by atoms with van der Waals surface area (Å²) in [6.07, 6.45) is 1.47. The second-order valence-electron chi connectivity index (χ2n) is 4.88. The molecule has 3 nitrogen and oxygen atoms in total. The van der Waals surface area contributed by atoms with Crippen LogP contribution in [-0.4, -0.2) is 26.5 Å². The Morgan fingerprint density at radius 1 is 1.17 bits per heavy atom. The van der Waals surface area contributed by atoms with Gasteiger partial charge in [0.1, 0.15) is 0 Å². The zero-order valence-electron chi connectivity index (χ0n) is 12.1. The molecule has 1 rings (SSSR count). The minimum atomic E-state index is 0.177. The number of rotatable bonds is 5. The largest absolute Gasteiger partial charge is 0.320 e. The second-order valence-corrected chi connectivity index (χ2v) is 4.88. The lowest BCUT2D eigenvalue weighted by atomic mass is 10.0. The maximum absolute atomic E-state index is 12.1. The minimum absolute atomic E-state index is 0.177. The summed E-state index contributed by atoms with van der Waals surface area (Å²) in [7, 11) is 3.76. The van der Waals surface area contributed by atoms with Gasteiger partial charge in [-0.1, -0.05) is 6.07 Å². The number of carbonyl (C=O) groups is 1. The van der Waals surface area contributed by atoms with Crippen LogP contribution in [0, 0.1) is 20.8 Å². The normalized spacial score (nSPS) is 10.5. The van der Waals surface area contributed by atoms with Crippen LogP contribution < -0.4 is 10.2 Å². The number of nitrogens with zero attached hydrogens (tertiary/aromatic N) is 1. The van der Waals surface area contributed by atoms with Crippen molar-refractivity contribution in [3.05, 3.63) is 28.8 Å². The molecule has 1 amide bonds. The molecule has 0 aliphatic heterocycles. The molecular weight excluding hydrogens is 224 g/mol. The predicted octanol–water partition coefficient (Wildman–Crippen LogP) is 2.57. The quantitative estimate of drug-likeness (QED) is 0.812. The van der Waals surface area contributed by atoms with Gasteiger partial charge in [0.15, 0.2) is 0 Å². The summed E-state index contributed by atoms with van der Waals surface area (Å²) in [4.78, 5) is 13.8. The summed E-state index contributed by atoms with van der Waals surface area (Å²) in [6, 6.07) is 4.24. The highest BCUT2D eigenvalue weighted by Gasteiger charge is 2.13. The molecule has 0 spiro atoms. The first-order valence-corrected chi connectivity index (χ1v) is 6.46. The van der Waals surface area contributed by atoms with Crippen LogP contribution in [-0.2, 0) is 4.79 Å². The van der Waals surface area contributed by atoms with E-state index in [9.17, 15) is 4.79 Å². The average molecular weight is 248 g/mol. The van der Waals surface area contributed by atoms with Crippen molar-refractivity contribution in [3.8, 4) is 0 Å². The molecule has 0 bridgehead atoms. The molecule has 0 aliphatic carbocycles. The average Bonchev–Trinajstić information content (AvgIpc) is 2.33. The Kier molecular flexibility index (Phi) is 5.35. The van der Waals surface area contributed by atoms with Gasteiger partial charge >= 0.3 is 0 Å². The van der Waals surface area contributed by atoms with E-state index in [-0.39, 0.29) is 5.91 Å². The molecule has 1 N–H and O–H groups in total. The molecule has 0 fully saturated rings. The Morgan fingerprint density at radius 2 is 1.78 bits per heavy atom. The first kappa shape index (κ1) is 14.7. The van der Waals surface area contributed by atoms with Crippen LogP contribution in [0.25, 0.3) is 0 Å². The standard InChI is InChI=1S/C15H24N2O/c1-11-9-13(3)14(10-12(11)2)17(5)15(18)7-6-8-16-4/h9-10,16H,6-8H2,1-5H3. The summed E-state index contributed by atoms with van der Waals surface area (Å²) in [5.74, 6) is 0.177. The number of carbonyl (C=O) groups excluding carboxylic acids is 1. The number of amides is 1. The second kappa shape index (κ2) is 6.55. The van der Waals surface area contributed by atoms with Crippen molar-refractivity contribution in [2.45, 2.75) is 33.6 Å². The maximum Gasteiger partial charge on any atom is 0.226 e. The fourth-order valence-corrected chi connectivity index (χ4v) is 2.03. The van der Waals surface area contributed by atoms with Crippen molar-refractivity contribution in [3.63, 3.8) is 0 Å². The fraction of sp³-hybridized carbons (Fsp3) is 0.533. The first-order chi connectivity index (χ1) is 8.47. The number of anilines is 1. The van der Waals surface area contributed by atoms with Crippen molar-refractivity contribution in [2.24, 2.45) is 0 Å². The molecule has 1 aromatic rings. The molecule has 0 radical (unpaired) electrons. The monoisotopic (exact) mass is 248 g/mol. The highest BCUT2D eigenvalue weighted by Crippen LogP contribution is 2.23. The van der Waals surface area contributed by atoms with E-state index in [1.807, 2.05) is 14.1 Å². The smallest absolute Gasteiger partial charge is 0.226 e. The van der Waals surface area contributed by atoms with Gasteiger partial charge in [0.2, 0.25) is 5.91 Å². The van der Waals surface area contributed by atoms with Gasteiger partial charge in [-0.2, -0.15) is 0 Å². The van der Waals surface area contributed by atoms with Crippen LogP contribution >= 0.6 is 0 Å². The van der Waals surface area contributed by atoms with E-state index >= 15 is 0 Å². The summed E-state index contributed by atoms with van der Waals surface area (Å²) in [6.45, 7) is 7.11. The molecule has 0 aromatic heterocycles. The zero-order valence-corrected chi connectivity index (χ0v) is 12.1. The Balaban J connectivity index is 2.80. The molecule has 0 saturated carbocycles. The number of hydrogen-bond donors (Lipinski definition) is 1. The van der Waals surface area contributed by atoms with Crippen molar-refractivity contribution >= 4 is 11.6 Å². The molecule has 0 saturated heterocycles. The van der Waals surface area contributed by atoms with Crippen LogP contribution in [0.5, 0.6) is 0 Å². The summed E-state index contributed by atoms with van der Waals surface area (Å²) in [5.41, 5.74) is 4.67. The Bertz CT molecular complexity index is 427. The number of aryl methyl sites for hydroxylation is 3. The van der Waals surface area contributed by atoms with Gasteiger partial charge in [-0.3, -0.25) is 4.79 Å². The molecule has 0 unspecified atom stereocenters. The molecular formula is C15H24N2O. The lowest BCUT2D eigenvalue weighted by Crippen LogP contribution is -2.27. The van der Waals surface area contributed by atoms with Crippen molar-refractivity contribution < 1.29 is 4.79 Å². The lowest BCUT2D eigenvalue weighted by Gasteiger charge is -2.21. The SMILES string of the molecule is CNCCCC(=O)N(C)c1cc(C)c(C)cc1C. The molecule has 1 aromatic carbocycles. The van der Waals surface area contributed by atoms with Gasteiger partial charge in [0, 0.05) is 19.2 Å². The van der Waals surface area contributed by atoms with Crippen LogP contribution in [0.15, 0.2) is 12.1 Å². The molecule has 0 heterocycles. The van der Waals surface area contributed by atoms with Crippen LogP contribution in [0.1, 0.15) is 29.5 Å². The van der Waals surface area contributed by atoms with E-state index in [0.29, 0.717) is 6.42 Å². The third-order valence-electron chi connectivity index (χ3n) is 3.37. The highest BCUT2D eigenvalue weighted by atomic mass is 16.2. The van der Waals surface area contributed by atoms with E-state index < -0.39 is 0 Å². The molecule has 0 atom stereocenters. The third kappa shape index (κ3) is 3.57.